The van der Waals surface area contributed by atoms with Crippen molar-refractivity contribution < 1.29 is 14.3 Å². The largest absolute Gasteiger partial charge is 0.463 e. The molecule has 0 bridgehead atoms. The molecule has 2 aromatic carbocycles. The molecule has 0 radical (unpaired) electrons. The first-order valence-corrected chi connectivity index (χ1v) is 8.39. The summed E-state index contributed by atoms with van der Waals surface area (Å²) in [4.78, 5) is 13.4. The summed E-state index contributed by atoms with van der Waals surface area (Å²) in [6.07, 6.45) is 4.16. The summed E-state index contributed by atoms with van der Waals surface area (Å²) in [5, 5.41) is 0. The van der Waals surface area contributed by atoms with Gasteiger partial charge in [-0.15, -0.1) is 0 Å². The zero-order chi connectivity index (χ0) is 17.8. The van der Waals surface area contributed by atoms with Crippen molar-refractivity contribution in [2.45, 2.75) is 31.9 Å². The van der Waals surface area contributed by atoms with E-state index in [1.54, 1.807) is 6.07 Å². The van der Waals surface area contributed by atoms with E-state index >= 15 is 0 Å². The summed E-state index contributed by atoms with van der Waals surface area (Å²) in [5.41, 5.74) is 2.54. The average Bonchev–Trinajstić information content (AvgIpc) is 2.74. The highest BCUT2D eigenvalue weighted by Gasteiger charge is 2.57. The van der Waals surface area contributed by atoms with Crippen LogP contribution in [-0.4, -0.2) is 18.7 Å². The first-order chi connectivity index (χ1) is 11.8. The van der Waals surface area contributed by atoms with Crippen LogP contribution in [0, 0.1) is 0 Å². The molecule has 1 unspecified atom stereocenters. The van der Waals surface area contributed by atoms with Gasteiger partial charge in [0.15, 0.2) is 0 Å². The number of nitrogens with zero attached hydrogens (tertiary/aromatic N) is 1. The van der Waals surface area contributed by atoms with Gasteiger partial charge >= 0.3 is 5.97 Å². The molecule has 1 spiro atoms. The Balaban J connectivity index is 1.78. The molecule has 128 valence electrons. The molecule has 0 amide bonds. The number of carbonyl (C=O) groups is 1. The highest BCUT2D eigenvalue weighted by Crippen LogP contribution is 2.54. The highest BCUT2D eigenvalue weighted by molar-refractivity contribution is 5.74. The molecule has 0 fully saturated rings. The van der Waals surface area contributed by atoms with Crippen LogP contribution in [0.25, 0.3) is 6.08 Å². The van der Waals surface area contributed by atoms with E-state index in [9.17, 15) is 4.79 Å². The molecule has 2 heterocycles. The number of rotatable bonds is 1. The molecule has 0 N–H and O–H groups in total. The summed E-state index contributed by atoms with van der Waals surface area (Å²) in [7, 11) is 2.07. The van der Waals surface area contributed by atoms with E-state index in [1.165, 1.54) is 18.2 Å². The number of hydrogen-bond donors (Lipinski definition) is 0. The Labute approximate surface area is 147 Å². The monoisotopic (exact) mass is 335 g/mol. The molecule has 0 aliphatic carbocycles. The standard InChI is InChI=1S/C21H21NO3/c1-14(23)24-16-9-10-19-15(13-16)11-12-21(25-19)20(2,3)17-7-5-6-8-18(17)22(21)4/h5-13H,1-4H3. The lowest BCUT2D eigenvalue weighted by Gasteiger charge is -2.45. The van der Waals surface area contributed by atoms with Gasteiger partial charge in [0.25, 0.3) is 0 Å². The number of likely N-dealkylation sites (N-methyl/N-ethyl adjacent to an activating group) is 1. The Morgan fingerprint density at radius 2 is 1.92 bits per heavy atom. The second kappa shape index (κ2) is 5.12. The van der Waals surface area contributed by atoms with Crippen molar-refractivity contribution in [3.05, 3.63) is 59.7 Å². The van der Waals surface area contributed by atoms with Crippen molar-refractivity contribution in [2.24, 2.45) is 0 Å². The van der Waals surface area contributed by atoms with Crippen LogP contribution in [0.2, 0.25) is 0 Å². The first-order valence-electron chi connectivity index (χ1n) is 8.39. The maximum atomic E-state index is 11.2. The lowest BCUT2D eigenvalue weighted by molar-refractivity contribution is -0.131. The first kappa shape index (κ1) is 15.8. The van der Waals surface area contributed by atoms with Crippen molar-refractivity contribution in [3.8, 4) is 11.5 Å². The third-order valence-corrected chi connectivity index (χ3v) is 5.33. The Hall–Kier alpha value is -2.75. The van der Waals surface area contributed by atoms with Crippen LogP contribution < -0.4 is 14.4 Å². The molecule has 4 heteroatoms. The second-order valence-corrected chi connectivity index (χ2v) is 7.13. The van der Waals surface area contributed by atoms with Crippen LogP contribution in [0.3, 0.4) is 0 Å². The van der Waals surface area contributed by atoms with Crippen molar-refractivity contribution in [2.75, 3.05) is 11.9 Å². The number of hydrogen-bond acceptors (Lipinski definition) is 4. The van der Waals surface area contributed by atoms with Crippen LogP contribution in [0.1, 0.15) is 31.9 Å². The summed E-state index contributed by atoms with van der Waals surface area (Å²) < 4.78 is 11.7. The third kappa shape index (κ3) is 2.10. The van der Waals surface area contributed by atoms with E-state index < -0.39 is 5.72 Å². The van der Waals surface area contributed by atoms with Crippen molar-refractivity contribution >= 4 is 17.7 Å². The topological polar surface area (TPSA) is 38.8 Å². The summed E-state index contributed by atoms with van der Waals surface area (Å²) in [5.74, 6) is 0.980. The zero-order valence-electron chi connectivity index (χ0n) is 14.9. The SMILES string of the molecule is CC(=O)Oc1ccc2c(c1)C=CC1(O2)N(C)c2ccccc2C1(C)C. The molecule has 25 heavy (non-hydrogen) atoms. The molecule has 0 aromatic heterocycles. The molecular formula is C21H21NO3. The van der Waals surface area contributed by atoms with Gasteiger partial charge < -0.3 is 14.4 Å². The van der Waals surface area contributed by atoms with E-state index in [1.807, 2.05) is 12.1 Å². The maximum absolute atomic E-state index is 11.2. The van der Waals surface area contributed by atoms with Gasteiger partial charge in [-0.3, -0.25) is 4.79 Å². The minimum Gasteiger partial charge on any atom is -0.463 e. The Bertz CT molecular complexity index is 900. The molecule has 4 rings (SSSR count). The van der Waals surface area contributed by atoms with Gasteiger partial charge in [-0.05, 0) is 55.8 Å². The summed E-state index contributed by atoms with van der Waals surface area (Å²) in [6, 6.07) is 13.9. The van der Waals surface area contributed by atoms with Crippen molar-refractivity contribution in [3.63, 3.8) is 0 Å². The Morgan fingerprint density at radius 3 is 2.64 bits per heavy atom. The number of esters is 1. The molecule has 0 saturated heterocycles. The van der Waals surface area contributed by atoms with Crippen LogP contribution in [0.5, 0.6) is 11.5 Å². The number of anilines is 1. The number of carbonyl (C=O) groups excluding carboxylic acids is 1. The van der Waals surface area contributed by atoms with Gasteiger partial charge in [0.1, 0.15) is 11.5 Å². The fraction of sp³-hybridized carbons (Fsp3) is 0.286. The van der Waals surface area contributed by atoms with Gasteiger partial charge in [0, 0.05) is 25.2 Å². The lowest BCUT2D eigenvalue weighted by atomic mass is 9.76. The van der Waals surface area contributed by atoms with E-state index in [0.29, 0.717) is 5.75 Å². The number of para-hydroxylation sites is 1. The maximum Gasteiger partial charge on any atom is 0.308 e. The quantitative estimate of drug-likeness (QED) is 0.580. The second-order valence-electron chi connectivity index (χ2n) is 7.13. The number of fused-ring (bicyclic) bond motifs is 2. The van der Waals surface area contributed by atoms with E-state index in [-0.39, 0.29) is 11.4 Å². The lowest BCUT2D eigenvalue weighted by Crippen LogP contribution is -2.58. The Morgan fingerprint density at radius 1 is 1.16 bits per heavy atom. The third-order valence-electron chi connectivity index (χ3n) is 5.33. The molecule has 1 atom stereocenters. The van der Waals surface area contributed by atoms with E-state index in [4.69, 9.17) is 9.47 Å². The van der Waals surface area contributed by atoms with Crippen LogP contribution in [0.4, 0.5) is 5.69 Å². The highest BCUT2D eigenvalue weighted by atomic mass is 16.5. The molecule has 4 nitrogen and oxygen atoms in total. The van der Waals surface area contributed by atoms with Gasteiger partial charge in [0.2, 0.25) is 5.72 Å². The van der Waals surface area contributed by atoms with Gasteiger partial charge in [-0.25, -0.2) is 0 Å². The van der Waals surface area contributed by atoms with Crippen molar-refractivity contribution in [1.82, 2.24) is 0 Å². The molecule has 2 aliphatic heterocycles. The van der Waals surface area contributed by atoms with Gasteiger partial charge in [0.05, 0.1) is 5.41 Å². The van der Waals surface area contributed by atoms with E-state index in [2.05, 4.69) is 62.2 Å². The minimum atomic E-state index is -0.591. The fourth-order valence-electron chi connectivity index (χ4n) is 3.99. The molecule has 2 aliphatic rings. The fourth-order valence-corrected chi connectivity index (χ4v) is 3.99. The van der Waals surface area contributed by atoms with Crippen molar-refractivity contribution in [1.29, 1.82) is 0 Å². The minimum absolute atomic E-state index is 0.221. The molecule has 0 saturated carbocycles. The van der Waals surface area contributed by atoms with Crippen LogP contribution >= 0.6 is 0 Å². The zero-order valence-corrected chi connectivity index (χ0v) is 14.9. The molecular weight excluding hydrogens is 314 g/mol. The number of benzene rings is 2. The van der Waals surface area contributed by atoms with Gasteiger partial charge in [-0.2, -0.15) is 0 Å². The summed E-state index contributed by atoms with van der Waals surface area (Å²) >= 11 is 0. The summed E-state index contributed by atoms with van der Waals surface area (Å²) in [6.45, 7) is 5.81. The van der Waals surface area contributed by atoms with Crippen LogP contribution in [-0.2, 0) is 10.2 Å². The normalized spacial score (nSPS) is 22.3. The predicted octanol–water partition coefficient (Wildman–Crippen LogP) is 4.14. The Kier molecular flexibility index (Phi) is 3.23. The van der Waals surface area contributed by atoms with Crippen LogP contribution in [0.15, 0.2) is 48.5 Å². The smallest absolute Gasteiger partial charge is 0.308 e. The number of ether oxygens (including phenoxy) is 2. The molecule has 2 aromatic rings. The average molecular weight is 335 g/mol. The van der Waals surface area contributed by atoms with E-state index in [0.717, 1.165) is 11.3 Å². The predicted molar refractivity (Wildman–Crippen MR) is 98.0 cm³/mol. The van der Waals surface area contributed by atoms with Gasteiger partial charge in [-0.1, -0.05) is 18.2 Å².